The highest BCUT2D eigenvalue weighted by atomic mass is 32.2. The van der Waals surface area contributed by atoms with Gasteiger partial charge in [-0.2, -0.15) is 13.2 Å². The number of benzene rings is 2. The second kappa shape index (κ2) is 6.07. The molecule has 0 aliphatic heterocycles. The smallest absolute Gasteiger partial charge is 0.278 e. The van der Waals surface area contributed by atoms with Crippen LogP contribution in [0.15, 0.2) is 58.3 Å². The van der Waals surface area contributed by atoms with E-state index in [1.807, 2.05) is 4.72 Å². The van der Waals surface area contributed by atoms with Crippen molar-refractivity contribution in [3.8, 4) is 0 Å². The van der Waals surface area contributed by atoms with Gasteiger partial charge < -0.3 is 0 Å². The van der Waals surface area contributed by atoms with Crippen LogP contribution >= 0.6 is 0 Å². The first kappa shape index (κ1) is 18.2. The number of nitrogens with one attached hydrogen (secondary N) is 1. The summed E-state index contributed by atoms with van der Waals surface area (Å²) in [6.45, 7) is 0. The van der Waals surface area contributed by atoms with Gasteiger partial charge in [0.1, 0.15) is 4.90 Å². The van der Waals surface area contributed by atoms with Gasteiger partial charge in [-0.15, -0.1) is 0 Å². The number of anilines is 1. The second-order valence-corrected chi connectivity index (χ2v) is 7.88. The van der Waals surface area contributed by atoms with E-state index in [1.54, 1.807) is 6.07 Å². The number of hydrogen-bond donors (Lipinski definition) is 2. The van der Waals surface area contributed by atoms with E-state index in [2.05, 4.69) is 0 Å². The lowest BCUT2D eigenvalue weighted by molar-refractivity contribution is -0.137. The third kappa shape index (κ3) is 4.04. The fraction of sp³-hybridized carbons (Fsp3) is 0.0769. The quantitative estimate of drug-likeness (QED) is 0.848. The molecule has 24 heavy (non-hydrogen) atoms. The topological polar surface area (TPSA) is 106 Å². The van der Waals surface area contributed by atoms with E-state index in [-0.39, 0.29) is 4.90 Å². The zero-order valence-electron chi connectivity index (χ0n) is 11.8. The van der Waals surface area contributed by atoms with Gasteiger partial charge in [0.25, 0.3) is 10.0 Å². The molecule has 0 aromatic heterocycles. The molecule has 0 bridgehead atoms. The average Bonchev–Trinajstić information content (AvgIpc) is 2.45. The molecule has 0 spiro atoms. The van der Waals surface area contributed by atoms with Crippen LogP contribution < -0.4 is 9.86 Å². The minimum atomic E-state index is -4.79. The summed E-state index contributed by atoms with van der Waals surface area (Å²) in [5, 5.41) is 4.93. The molecule has 0 amide bonds. The molecule has 0 unspecified atom stereocenters. The summed E-state index contributed by atoms with van der Waals surface area (Å²) < 4.78 is 87.6. The average molecular weight is 380 g/mol. The van der Waals surface area contributed by atoms with Gasteiger partial charge in [-0.25, -0.2) is 22.0 Å². The highest BCUT2D eigenvalue weighted by Crippen LogP contribution is 2.34. The Bertz CT molecular complexity index is 956. The number of hydrogen-bond acceptors (Lipinski definition) is 4. The van der Waals surface area contributed by atoms with Crippen LogP contribution in [0.25, 0.3) is 0 Å². The van der Waals surface area contributed by atoms with Gasteiger partial charge in [0, 0.05) is 0 Å². The molecule has 130 valence electrons. The molecule has 0 saturated heterocycles. The second-order valence-electron chi connectivity index (χ2n) is 4.67. The van der Waals surface area contributed by atoms with Crippen LogP contribution in [-0.4, -0.2) is 16.8 Å². The molecule has 2 rings (SSSR count). The Morgan fingerprint density at radius 2 is 1.50 bits per heavy atom. The summed E-state index contributed by atoms with van der Waals surface area (Å²) >= 11 is 0. The standard InChI is InChI=1S/C13H11F3N2O4S2/c14-13(15,16)9-6-7-12(23(17,19)20)11(8-9)18-24(21,22)10-4-2-1-3-5-10/h1-8,18H,(H2,17,19,20). The minimum absolute atomic E-state index is 0.247. The van der Waals surface area contributed by atoms with E-state index >= 15 is 0 Å². The first-order valence-electron chi connectivity index (χ1n) is 6.23. The lowest BCUT2D eigenvalue weighted by Gasteiger charge is -2.14. The Balaban J connectivity index is 2.59. The van der Waals surface area contributed by atoms with Crippen molar-refractivity contribution in [3.05, 3.63) is 54.1 Å². The van der Waals surface area contributed by atoms with E-state index in [0.29, 0.717) is 18.2 Å². The summed E-state index contributed by atoms with van der Waals surface area (Å²) in [7, 11) is -8.74. The van der Waals surface area contributed by atoms with Gasteiger partial charge in [0.15, 0.2) is 0 Å². The highest BCUT2D eigenvalue weighted by molar-refractivity contribution is 7.93. The number of nitrogens with two attached hydrogens (primary N) is 1. The number of alkyl halides is 3. The van der Waals surface area contributed by atoms with Gasteiger partial charge in [-0.3, -0.25) is 4.72 Å². The van der Waals surface area contributed by atoms with Crippen LogP contribution in [0, 0.1) is 0 Å². The van der Waals surface area contributed by atoms with Crippen LogP contribution in [0.5, 0.6) is 0 Å². The molecule has 6 nitrogen and oxygen atoms in total. The number of sulfonamides is 2. The Labute approximate surface area is 136 Å². The molecule has 0 atom stereocenters. The Kier molecular flexibility index (Phi) is 4.61. The fourth-order valence-corrected chi connectivity index (χ4v) is 3.67. The van der Waals surface area contributed by atoms with Gasteiger partial charge in [0.05, 0.1) is 16.1 Å². The normalized spacial score (nSPS) is 12.8. The molecular formula is C13H11F3N2O4S2. The summed E-state index contributed by atoms with van der Waals surface area (Å²) in [6.07, 6.45) is -4.79. The molecular weight excluding hydrogens is 369 g/mol. The van der Waals surface area contributed by atoms with Crippen molar-refractivity contribution in [2.24, 2.45) is 5.14 Å². The van der Waals surface area contributed by atoms with Crippen molar-refractivity contribution >= 4 is 25.7 Å². The first-order valence-corrected chi connectivity index (χ1v) is 9.26. The highest BCUT2D eigenvalue weighted by Gasteiger charge is 2.32. The van der Waals surface area contributed by atoms with E-state index in [9.17, 15) is 30.0 Å². The van der Waals surface area contributed by atoms with Crippen LogP contribution in [0.4, 0.5) is 18.9 Å². The third-order valence-corrected chi connectivity index (χ3v) is 5.26. The van der Waals surface area contributed by atoms with Crippen LogP contribution in [-0.2, 0) is 26.2 Å². The first-order chi connectivity index (χ1) is 10.9. The van der Waals surface area contributed by atoms with Crippen LogP contribution in [0.1, 0.15) is 5.56 Å². The van der Waals surface area contributed by atoms with Gasteiger partial charge in [-0.05, 0) is 30.3 Å². The van der Waals surface area contributed by atoms with Crippen molar-refractivity contribution in [1.29, 1.82) is 0 Å². The molecule has 2 aromatic rings. The maximum absolute atomic E-state index is 12.8. The van der Waals surface area contributed by atoms with Gasteiger partial charge in [-0.1, -0.05) is 18.2 Å². The van der Waals surface area contributed by atoms with Crippen molar-refractivity contribution < 1.29 is 30.0 Å². The summed E-state index contributed by atoms with van der Waals surface area (Å²) in [5.41, 5.74) is -2.00. The van der Waals surface area contributed by atoms with Crippen LogP contribution in [0.3, 0.4) is 0 Å². The molecule has 0 saturated carbocycles. The minimum Gasteiger partial charge on any atom is -0.278 e. The monoisotopic (exact) mass is 380 g/mol. The third-order valence-electron chi connectivity index (χ3n) is 2.91. The maximum atomic E-state index is 12.8. The Morgan fingerprint density at radius 3 is 2.00 bits per heavy atom. The van der Waals surface area contributed by atoms with Crippen molar-refractivity contribution in [2.45, 2.75) is 16.0 Å². The van der Waals surface area contributed by atoms with Gasteiger partial charge >= 0.3 is 6.18 Å². The molecule has 11 heteroatoms. The maximum Gasteiger partial charge on any atom is 0.416 e. The lowest BCUT2D eigenvalue weighted by atomic mass is 10.2. The van der Waals surface area contributed by atoms with E-state index in [0.717, 1.165) is 0 Å². The summed E-state index contributed by atoms with van der Waals surface area (Å²) in [5.74, 6) is 0. The molecule has 2 aromatic carbocycles. The van der Waals surface area contributed by atoms with E-state index in [1.165, 1.54) is 24.3 Å². The zero-order valence-corrected chi connectivity index (χ0v) is 13.4. The summed E-state index contributed by atoms with van der Waals surface area (Å²) in [4.78, 5) is -1.02. The molecule has 0 fully saturated rings. The summed E-state index contributed by atoms with van der Waals surface area (Å²) in [6, 6.07) is 8.22. The van der Waals surface area contributed by atoms with E-state index in [4.69, 9.17) is 5.14 Å². The fourth-order valence-electron chi connectivity index (χ4n) is 1.84. The Morgan fingerprint density at radius 1 is 0.917 bits per heavy atom. The number of rotatable bonds is 4. The molecule has 0 radical (unpaired) electrons. The van der Waals surface area contributed by atoms with Crippen molar-refractivity contribution in [2.75, 3.05) is 4.72 Å². The number of primary sulfonamides is 1. The van der Waals surface area contributed by atoms with Crippen molar-refractivity contribution in [1.82, 2.24) is 0 Å². The molecule has 0 aliphatic rings. The predicted octanol–water partition coefficient (Wildman–Crippen LogP) is 2.15. The molecule has 0 aliphatic carbocycles. The molecule has 0 heterocycles. The lowest BCUT2D eigenvalue weighted by Crippen LogP contribution is -2.20. The van der Waals surface area contributed by atoms with Crippen LogP contribution in [0.2, 0.25) is 0 Å². The number of halogens is 3. The SMILES string of the molecule is NS(=O)(=O)c1ccc(C(F)(F)F)cc1NS(=O)(=O)c1ccccc1. The van der Waals surface area contributed by atoms with E-state index < -0.39 is 42.4 Å². The van der Waals surface area contributed by atoms with Gasteiger partial charge in [0.2, 0.25) is 10.0 Å². The molecule has 3 N–H and O–H groups in total. The largest absolute Gasteiger partial charge is 0.416 e. The van der Waals surface area contributed by atoms with Crippen molar-refractivity contribution in [3.63, 3.8) is 0 Å². The Hall–Kier alpha value is -2.11. The predicted molar refractivity (Wildman–Crippen MR) is 80.1 cm³/mol. The zero-order chi connectivity index (χ0) is 18.2.